The lowest BCUT2D eigenvalue weighted by atomic mass is 9.94. The number of rotatable bonds is 5. The lowest BCUT2D eigenvalue weighted by Gasteiger charge is -2.32. The van der Waals surface area contributed by atoms with Gasteiger partial charge in [-0.05, 0) is 25.3 Å². The highest BCUT2D eigenvalue weighted by molar-refractivity contribution is 7.90. The van der Waals surface area contributed by atoms with E-state index in [2.05, 4.69) is 4.72 Å². The maximum atomic E-state index is 12.5. The summed E-state index contributed by atoms with van der Waals surface area (Å²) in [6.07, 6.45) is 0.983. The quantitative estimate of drug-likeness (QED) is 0.850. The molecule has 1 heterocycles. The third-order valence-corrected chi connectivity index (χ3v) is 5.79. The van der Waals surface area contributed by atoms with Crippen molar-refractivity contribution in [3.63, 3.8) is 0 Å². The topological polar surface area (TPSA) is 75.6 Å². The van der Waals surface area contributed by atoms with Gasteiger partial charge in [-0.25, -0.2) is 13.1 Å². The van der Waals surface area contributed by atoms with Gasteiger partial charge < -0.3 is 9.84 Å². The number of hydrogen-bond donors (Lipinski definition) is 2. The zero-order valence-corrected chi connectivity index (χ0v) is 12.4. The van der Waals surface area contributed by atoms with Crippen LogP contribution in [-0.4, -0.2) is 38.6 Å². The molecule has 2 N–H and O–H groups in total. The monoisotopic (exact) mass is 299 g/mol. The molecule has 0 spiro atoms. The first-order valence-electron chi connectivity index (χ1n) is 6.75. The highest BCUT2D eigenvalue weighted by atomic mass is 32.2. The largest absolute Gasteiger partial charge is 0.394 e. The summed E-state index contributed by atoms with van der Waals surface area (Å²) in [5.74, 6) is 0. The van der Waals surface area contributed by atoms with Crippen LogP contribution in [0.25, 0.3) is 0 Å². The van der Waals surface area contributed by atoms with Gasteiger partial charge in [0.15, 0.2) is 0 Å². The molecule has 0 saturated carbocycles. The number of sulfonamides is 1. The van der Waals surface area contributed by atoms with E-state index in [1.54, 1.807) is 6.92 Å². The van der Waals surface area contributed by atoms with E-state index in [1.807, 2.05) is 30.3 Å². The molecule has 5 nitrogen and oxygen atoms in total. The number of ether oxygens (including phenoxy) is 1. The Bertz CT molecular complexity index is 525. The Hall–Kier alpha value is -0.950. The minimum absolute atomic E-state index is 0.292. The van der Waals surface area contributed by atoms with Gasteiger partial charge in [-0.2, -0.15) is 0 Å². The lowest BCUT2D eigenvalue weighted by molar-refractivity contribution is 0.0976. The van der Waals surface area contributed by atoms with Crippen molar-refractivity contribution < 1.29 is 18.3 Å². The number of benzene rings is 1. The van der Waals surface area contributed by atoms with E-state index in [9.17, 15) is 13.5 Å². The third-order valence-electron chi connectivity index (χ3n) is 3.70. The second-order valence-corrected chi connectivity index (χ2v) is 7.28. The summed E-state index contributed by atoms with van der Waals surface area (Å²) in [6, 6.07) is 9.12. The van der Waals surface area contributed by atoms with E-state index in [4.69, 9.17) is 4.74 Å². The Morgan fingerprint density at radius 2 is 1.90 bits per heavy atom. The van der Waals surface area contributed by atoms with Gasteiger partial charge in [0, 0.05) is 13.2 Å². The molecule has 20 heavy (non-hydrogen) atoms. The average Bonchev–Trinajstić information content (AvgIpc) is 2.48. The van der Waals surface area contributed by atoms with Gasteiger partial charge >= 0.3 is 0 Å². The Labute approximate surface area is 120 Å². The predicted molar refractivity (Wildman–Crippen MR) is 76.8 cm³/mol. The smallest absolute Gasteiger partial charge is 0.215 e. The number of aliphatic hydroxyl groups is 1. The van der Waals surface area contributed by atoms with E-state index < -0.39 is 20.8 Å². The first-order chi connectivity index (χ1) is 9.48. The molecule has 1 saturated heterocycles. The van der Waals surface area contributed by atoms with Gasteiger partial charge in [0.2, 0.25) is 10.0 Å². The standard InChI is InChI=1S/C14H21NO4S/c1-14(11-16,12-5-3-2-4-6-12)15-20(17,18)13-7-9-19-10-8-13/h2-6,13,15-16H,7-11H2,1H3. The Morgan fingerprint density at radius 1 is 1.30 bits per heavy atom. The molecule has 0 bridgehead atoms. The molecule has 1 aliphatic heterocycles. The van der Waals surface area contributed by atoms with Crippen LogP contribution in [-0.2, 0) is 20.3 Å². The van der Waals surface area contributed by atoms with Crippen LogP contribution >= 0.6 is 0 Å². The highest BCUT2D eigenvalue weighted by Crippen LogP contribution is 2.24. The van der Waals surface area contributed by atoms with E-state index in [-0.39, 0.29) is 6.61 Å². The summed E-state index contributed by atoms with van der Waals surface area (Å²) >= 11 is 0. The van der Waals surface area contributed by atoms with Crippen LogP contribution in [0.3, 0.4) is 0 Å². The SMILES string of the molecule is CC(CO)(NS(=O)(=O)C1CCOCC1)c1ccccc1. The van der Waals surface area contributed by atoms with Crippen molar-refractivity contribution in [2.24, 2.45) is 0 Å². The maximum Gasteiger partial charge on any atom is 0.215 e. The van der Waals surface area contributed by atoms with Gasteiger partial charge in [-0.15, -0.1) is 0 Å². The van der Waals surface area contributed by atoms with Crippen LogP contribution < -0.4 is 4.72 Å². The normalized spacial score (nSPS) is 20.5. The van der Waals surface area contributed by atoms with Crippen molar-refractivity contribution in [3.05, 3.63) is 35.9 Å². The van der Waals surface area contributed by atoms with E-state index in [0.29, 0.717) is 26.1 Å². The molecule has 6 heteroatoms. The van der Waals surface area contributed by atoms with Crippen LogP contribution in [0.4, 0.5) is 0 Å². The van der Waals surface area contributed by atoms with Gasteiger partial charge in [-0.3, -0.25) is 0 Å². The molecule has 0 radical (unpaired) electrons. The van der Waals surface area contributed by atoms with Crippen molar-refractivity contribution in [3.8, 4) is 0 Å². The van der Waals surface area contributed by atoms with Crippen molar-refractivity contribution in [1.82, 2.24) is 4.72 Å². The Kier molecular flexibility index (Phi) is 4.80. The van der Waals surface area contributed by atoms with E-state index >= 15 is 0 Å². The van der Waals surface area contributed by atoms with Crippen LogP contribution in [0.2, 0.25) is 0 Å². The first kappa shape index (κ1) is 15.4. The van der Waals surface area contributed by atoms with Gasteiger partial charge in [0.05, 0.1) is 17.4 Å². The summed E-state index contributed by atoms with van der Waals surface area (Å²) in [5.41, 5.74) is -0.253. The average molecular weight is 299 g/mol. The Balaban J connectivity index is 2.20. The fourth-order valence-corrected chi connectivity index (χ4v) is 4.16. The third kappa shape index (κ3) is 3.38. The van der Waals surface area contributed by atoms with Crippen molar-refractivity contribution in [2.75, 3.05) is 19.8 Å². The molecule has 1 atom stereocenters. The van der Waals surface area contributed by atoms with E-state index in [1.165, 1.54) is 0 Å². The molecular weight excluding hydrogens is 278 g/mol. The van der Waals surface area contributed by atoms with Gasteiger partial charge in [0.1, 0.15) is 0 Å². The lowest BCUT2D eigenvalue weighted by Crippen LogP contribution is -2.50. The highest BCUT2D eigenvalue weighted by Gasteiger charge is 2.36. The second-order valence-electron chi connectivity index (χ2n) is 5.32. The molecule has 0 amide bonds. The zero-order valence-electron chi connectivity index (χ0n) is 11.6. The minimum Gasteiger partial charge on any atom is -0.394 e. The molecule has 1 aliphatic rings. The summed E-state index contributed by atoms with van der Waals surface area (Å²) in [5, 5.41) is 9.20. The summed E-state index contributed by atoms with van der Waals surface area (Å²) in [7, 11) is -3.49. The fraction of sp³-hybridized carbons (Fsp3) is 0.571. The molecule has 112 valence electrons. The zero-order chi connectivity index (χ0) is 14.6. The molecule has 0 aliphatic carbocycles. The number of hydrogen-bond acceptors (Lipinski definition) is 4. The van der Waals surface area contributed by atoms with Crippen molar-refractivity contribution in [2.45, 2.75) is 30.6 Å². The molecule has 1 fully saturated rings. The molecule has 2 rings (SSSR count). The van der Waals surface area contributed by atoms with Crippen LogP contribution in [0.15, 0.2) is 30.3 Å². The van der Waals surface area contributed by atoms with Crippen molar-refractivity contribution >= 4 is 10.0 Å². The number of nitrogens with one attached hydrogen (secondary N) is 1. The van der Waals surface area contributed by atoms with Gasteiger partial charge in [0.25, 0.3) is 0 Å². The molecular formula is C14H21NO4S. The molecule has 1 unspecified atom stereocenters. The number of aliphatic hydroxyl groups excluding tert-OH is 1. The fourth-order valence-electron chi connectivity index (χ4n) is 2.37. The summed E-state index contributed by atoms with van der Waals surface area (Å²) in [4.78, 5) is 0. The first-order valence-corrected chi connectivity index (χ1v) is 8.29. The Morgan fingerprint density at radius 3 is 2.45 bits per heavy atom. The maximum absolute atomic E-state index is 12.5. The molecule has 1 aromatic rings. The second kappa shape index (κ2) is 6.22. The van der Waals surface area contributed by atoms with Gasteiger partial charge in [-0.1, -0.05) is 30.3 Å². The minimum atomic E-state index is -3.49. The predicted octanol–water partition coefficient (Wildman–Crippen LogP) is 0.992. The van der Waals surface area contributed by atoms with Crippen LogP contribution in [0.5, 0.6) is 0 Å². The molecule has 0 aromatic heterocycles. The summed E-state index contributed by atoms with van der Waals surface area (Å²) in [6.45, 7) is 2.33. The van der Waals surface area contributed by atoms with Crippen molar-refractivity contribution in [1.29, 1.82) is 0 Å². The molecule has 1 aromatic carbocycles. The summed E-state index contributed by atoms with van der Waals surface area (Å²) < 4.78 is 32.8. The van der Waals surface area contributed by atoms with Crippen LogP contribution in [0.1, 0.15) is 25.3 Å². The van der Waals surface area contributed by atoms with E-state index in [0.717, 1.165) is 5.56 Å². The van der Waals surface area contributed by atoms with Crippen LogP contribution in [0, 0.1) is 0 Å².